The number of carboxylic acids is 1. The zero-order valence-electron chi connectivity index (χ0n) is 15.0. The number of carboxylic acid groups (broad SMARTS) is 1. The molecule has 5 nitrogen and oxygen atoms in total. The first-order valence-electron chi connectivity index (χ1n) is 8.77. The van der Waals surface area contributed by atoms with E-state index in [1.807, 2.05) is 13.0 Å². The molecule has 6 heteroatoms. The van der Waals surface area contributed by atoms with Crippen LogP contribution in [0, 0.1) is 19.7 Å². The van der Waals surface area contributed by atoms with E-state index in [1.54, 1.807) is 19.2 Å². The molecule has 1 saturated carbocycles. The lowest BCUT2D eigenvalue weighted by Crippen LogP contribution is -2.23. The van der Waals surface area contributed by atoms with Crippen molar-refractivity contribution in [1.29, 1.82) is 0 Å². The molecule has 4 rings (SSSR count). The minimum atomic E-state index is -1.23. The van der Waals surface area contributed by atoms with Crippen LogP contribution in [-0.4, -0.2) is 15.5 Å². The van der Waals surface area contributed by atoms with Gasteiger partial charge in [-0.1, -0.05) is 0 Å². The molecule has 0 aliphatic heterocycles. The fourth-order valence-electron chi connectivity index (χ4n) is 3.68. The van der Waals surface area contributed by atoms with Crippen molar-refractivity contribution < 1.29 is 14.3 Å². The van der Waals surface area contributed by atoms with Gasteiger partial charge in [-0.05, 0) is 84.7 Å². The molecule has 0 saturated heterocycles. The van der Waals surface area contributed by atoms with Crippen LogP contribution in [0.3, 0.4) is 0 Å². The molecule has 1 aliphatic rings. The van der Waals surface area contributed by atoms with E-state index in [0.717, 1.165) is 29.5 Å². The molecule has 27 heavy (non-hydrogen) atoms. The third-order valence-corrected chi connectivity index (χ3v) is 5.31. The van der Waals surface area contributed by atoms with Gasteiger partial charge in [0, 0.05) is 6.20 Å². The van der Waals surface area contributed by atoms with E-state index in [2.05, 4.69) is 0 Å². The number of nitrogens with zero attached hydrogens (tertiary/aromatic N) is 1. The standard InChI is InChI=1S/C21H19FN2O3/c1-10-7-13(8-17(22)18(10)23)14-5-6-24-19(11(14)2)15(12-3-4-12)9-16(20(24)25)21(26)27/h5-9,12H,3-4,23H2,1-2H3,(H,26,27). The average molecular weight is 366 g/mol. The van der Waals surface area contributed by atoms with Gasteiger partial charge in [0.2, 0.25) is 0 Å². The number of anilines is 1. The number of aromatic carboxylic acids is 1. The summed E-state index contributed by atoms with van der Waals surface area (Å²) in [5.41, 5.74) is 9.55. The van der Waals surface area contributed by atoms with E-state index in [0.29, 0.717) is 16.6 Å². The first-order chi connectivity index (χ1) is 12.8. The maximum atomic E-state index is 14.1. The highest BCUT2D eigenvalue weighted by Crippen LogP contribution is 2.43. The fourth-order valence-corrected chi connectivity index (χ4v) is 3.68. The van der Waals surface area contributed by atoms with Crippen molar-refractivity contribution in [3.63, 3.8) is 0 Å². The van der Waals surface area contributed by atoms with Crippen molar-refractivity contribution in [2.45, 2.75) is 32.6 Å². The van der Waals surface area contributed by atoms with Gasteiger partial charge in [0.25, 0.3) is 5.56 Å². The summed E-state index contributed by atoms with van der Waals surface area (Å²) in [6, 6.07) is 6.43. The van der Waals surface area contributed by atoms with Crippen LogP contribution in [0.15, 0.2) is 35.3 Å². The maximum absolute atomic E-state index is 14.1. The van der Waals surface area contributed by atoms with Gasteiger partial charge in [0.1, 0.15) is 11.4 Å². The SMILES string of the molecule is Cc1cc(-c2ccn3c(=O)c(C(=O)O)cc(C4CC4)c3c2C)cc(F)c1N. The molecule has 0 bridgehead atoms. The molecule has 2 heterocycles. The number of rotatable bonds is 3. The fraction of sp³-hybridized carbons (Fsp3) is 0.238. The number of hydrogen-bond acceptors (Lipinski definition) is 3. The van der Waals surface area contributed by atoms with Crippen LogP contribution in [0.1, 0.15) is 45.8 Å². The molecule has 0 spiro atoms. The van der Waals surface area contributed by atoms with Crippen LogP contribution in [0.25, 0.3) is 16.6 Å². The van der Waals surface area contributed by atoms with Crippen molar-refractivity contribution >= 4 is 17.2 Å². The summed E-state index contributed by atoms with van der Waals surface area (Å²) in [6.45, 7) is 3.62. The molecule has 1 fully saturated rings. The van der Waals surface area contributed by atoms with Gasteiger partial charge < -0.3 is 10.8 Å². The monoisotopic (exact) mass is 366 g/mol. The second-order valence-corrected chi connectivity index (χ2v) is 7.16. The van der Waals surface area contributed by atoms with Crippen molar-refractivity contribution in [3.8, 4) is 11.1 Å². The van der Waals surface area contributed by atoms with Gasteiger partial charge >= 0.3 is 5.97 Å². The van der Waals surface area contributed by atoms with Crippen LogP contribution in [0.4, 0.5) is 10.1 Å². The van der Waals surface area contributed by atoms with E-state index < -0.39 is 17.3 Å². The van der Waals surface area contributed by atoms with E-state index in [1.165, 1.54) is 16.5 Å². The Morgan fingerprint density at radius 3 is 2.56 bits per heavy atom. The minimum absolute atomic E-state index is 0.123. The highest BCUT2D eigenvalue weighted by atomic mass is 19.1. The second kappa shape index (κ2) is 5.94. The lowest BCUT2D eigenvalue weighted by molar-refractivity contribution is 0.0694. The Morgan fingerprint density at radius 2 is 1.96 bits per heavy atom. The number of fused-ring (bicyclic) bond motifs is 1. The Balaban J connectivity index is 2.05. The molecule has 0 unspecified atom stereocenters. The number of benzene rings is 1. The zero-order valence-corrected chi connectivity index (χ0v) is 15.0. The van der Waals surface area contributed by atoms with E-state index in [9.17, 15) is 19.1 Å². The molecule has 0 amide bonds. The molecule has 3 N–H and O–H groups in total. The first kappa shape index (κ1) is 17.3. The van der Waals surface area contributed by atoms with Crippen LogP contribution in [0.5, 0.6) is 0 Å². The van der Waals surface area contributed by atoms with Crippen molar-refractivity contribution in [2.75, 3.05) is 5.73 Å². The summed E-state index contributed by atoms with van der Waals surface area (Å²) >= 11 is 0. The molecular weight excluding hydrogens is 347 g/mol. The quantitative estimate of drug-likeness (QED) is 0.689. The van der Waals surface area contributed by atoms with E-state index >= 15 is 0 Å². The third-order valence-electron chi connectivity index (χ3n) is 5.31. The third kappa shape index (κ3) is 2.68. The number of pyridine rings is 2. The van der Waals surface area contributed by atoms with Crippen molar-refractivity contribution in [2.24, 2.45) is 0 Å². The number of nitrogen functional groups attached to an aromatic ring is 1. The summed E-state index contributed by atoms with van der Waals surface area (Å²) in [6.07, 6.45) is 3.50. The number of hydrogen-bond donors (Lipinski definition) is 2. The van der Waals surface area contributed by atoms with Crippen LogP contribution in [-0.2, 0) is 0 Å². The van der Waals surface area contributed by atoms with Crippen LogP contribution in [0.2, 0.25) is 0 Å². The highest BCUT2D eigenvalue weighted by molar-refractivity contribution is 5.89. The van der Waals surface area contributed by atoms with Gasteiger partial charge in [-0.2, -0.15) is 0 Å². The molecule has 0 atom stereocenters. The summed E-state index contributed by atoms with van der Waals surface area (Å²) in [7, 11) is 0. The Kier molecular flexibility index (Phi) is 3.80. The number of aromatic nitrogens is 1. The number of halogens is 1. The Bertz CT molecular complexity index is 1150. The van der Waals surface area contributed by atoms with Crippen molar-refractivity contribution in [3.05, 3.63) is 68.9 Å². The Labute approximate surface area is 154 Å². The molecule has 1 aromatic carbocycles. The maximum Gasteiger partial charge on any atom is 0.341 e. The predicted octanol–water partition coefficient (Wildman–Crippen LogP) is 3.88. The molecular formula is C21H19FN2O3. The average Bonchev–Trinajstić information content (AvgIpc) is 3.45. The number of nitrogens with two attached hydrogens (primary N) is 1. The summed E-state index contributed by atoms with van der Waals surface area (Å²) in [4.78, 5) is 24.1. The summed E-state index contributed by atoms with van der Waals surface area (Å²) < 4.78 is 15.5. The second-order valence-electron chi connectivity index (χ2n) is 7.16. The van der Waals surface area contributed by atoms with E-state index in [-0.39, 0.29) is 17.2 Å². The largest absolute Gasteiger partial charge is 0.477 e. The molecule has 1 aliphatic carbocycles. The lowest BCUT2D eigenvalue weighted by Gasteiger charge is -2.16. The van der Waals surface area contributed by atoms with Gasteiger partial charge in [0.05, 0.1) is 11.2 Å². The van der Waals surface area contributed by atoms with Gasteiger partial charge in [0.15, 0.2) is 0 Å². The minimum Gasteiger partial charge on any atom is -0.477 e. The molecule has 2 aromatic heterocycles. The smallest absolute Gasteiger partial charge is 0.341 e. The van der Waals surface area contributed by atoms with Crippen LogP contribution < -0.4 is 11.3 Å². The first-order valence-corrected chi connectivity index (χ1v) is 8.77. The normalized spacial score (nSPS) is 13.9. The Morgan fingerprint density at radius 1 is 1.26 bits per heavy atom. The molecule has 138 valence electrons. The number of carbonyl (C=O) groups is 1. The predicted molar refractivity (Wildman–Crippen MR) is 102 cm³/mol. The Hall–Kier alpha value is -3.15. The van der Waals surface area contributed by atoms with Crippen molar-refractivity contribution in [1.82, 2.24) is 4.40 Å². The summed E-state index contributed by atoms with van der Waals surface area (Å²) in [5.74, 6) is -1.46. The number of aryl methyl sites for hydroxylation is 2. The van der Waals surface area contributed by atoms with E-state index in [4.69, 9.17) is 5.73 Å². The van der Waals surface area contributed by atoms with Gasteiger partial charge in [-0.25, -0.2) is 9.18 Å². The van der Waals surface area contributed by atoms with Crippen LogP contribution >= 0.6 is 0 Å². The topological polar surface area (TPSA) is 84.8 Å². The molecule has 3 aromatic rings. The summed E-state index contributed by atoms with van der Waals surface area (Å²) in [5, 5.41) is 9.37. The van der Waals surface area contributed by atoms with Gasteiger partial charge in [-0.15, -0.1) is 0 Å². The molecule has 0 radical (unpaired) electrons. The van der Waals surface area contributed by atoms with Gasteiger partial charge in [-0.3, -0.25) is 9.20 Å². The lowest BCUT2D eigenvalue weighted by atomic mass is 9.95. The zero-order chi connectivity index (χ0) is 19.5. The highest BCUT2D eigenvalue weighted by Gasteiger charge is 2.29.